The lowest BCUT2D eigenvalue weighted by Gasteiger charge is -2.03. The Labute approximate surface area is 210 Å². The van der Waals surface area contributed by atoms with Gasteiger partial charge < -0.3 is 20.6 Å². The number of aromatic amines is 2. The molecule has 0 atom stereocenters. The fourth-order valence-electron chi connectivity index (χ4n) is 5.11. The van der Waals surface area contributed by atoms with Crippen LogP contribution in [-0.2, 0) is 12.8 Å². The number of nitrogens with one attached hydrogen (secondary N) is 4. The van der Waals surface area contributed by atoms with E-state index in [2.05, 4.69) is 48.7 Å². The third-order valence-corrected chi connectivity index (χ3v) is 7.35. The first-order valence-electron chi connectivity index (χ1n) is 11.7. The molecule has 7 heteroatoms. The molecule has 2 amide bonds. The van der Waals surface area contributed by atoms with Crippen molar-refractivity contribution in [1.29, 1.82) is 0 Å². The van der Waals surface area contributed by atoms with Gasteiger partial charge in [0.05, 0.1) is 4.60 Å². The van der Waals surface area contributed by atoms with Gasteiger partial charge in [-0.3, -0.25) is 9.59 Å². The highest BCUT2D eigenvalue weighted by Gasteiger charge is 2.22. The van der Waals surface area contributed by atoms with Crippen LogP contribution >= 0.6 is 15.9 Å². The van der Waals surface area contributed by atoms with Gasteiger partial charge in [0, 0.05) is 51.7 Å². The van der Waals surface area contributed by atoms with E-state index in [-0.39, 0.29) is 11.8 Å². The van der Waals surface area contributed by atoms with Gasteiger partial charge in [-0.1, -0.05) is 42.5 Å². The van der Waals surface area contributed by atoms with Crippen LogP contribution in [0.3, 0.4) is 0 Å². The summed E-state index contributed by atoms with van der Waals surface area (Å²) in [7, 11) is 0. The number of carbonyl (C=O) groups is 2. The first kappa shape index (κ1) is 21.7. The van der Waals surface area contributed by atoms with Gasteiger partial charge in [-0.05, 0) is 69.7 Å². The molecule has 5 aromatic rings. The van der Waals surface area contributed by atoms with E-state index in [0.717, 1.165) is 56.1 Å². The minimum atomic E-state index is 0.0193. The molecule has 0 fully saturated rings. The number of hydrogen-bond donors (Lipinski definition) is 4. The van der Waals surface area contributed by atoms with Crippen molar-refractivity contribution in [3.05, 3.63) is 93.6 Å². The zero-order chi connectivity index (χ0) is 23.9. The quantitative estimate of drug-likeness (QED) is 0.237. The molecular formula is C28H23BrN4O2. The molecule has 7 rings (SSSR count). The number of H-pyrrole nitrogens is 2. The SMILES string of the molecule is O=C1NCCc2c(-c3ccccc3)[nH]c3cccc1c23.O=C1NCCc2c(Br)[nH]c3cccc1c23. The molecule has 2 aromatic heterocycles. The Hall–Kier alpha value is -3.84. The summed E-state index contributed by atoms with van der Waals surface area (Å²) in [5.74, 6) is 0.0406. The van der Waals surface area contributed by atoms with Crippen LogP contribution in [-0.4, -0.2) is 34.9 Å². The molecular weight excluding hydrogens is 504 g/mol. The van der Waals surface area contributed by atoms with Crippen molar-refractivity contribution in [2.24, 2.45) is 0 Å². The maximum Gasteiger partial charge on any atom is 0.251 e. The summed E-state index contributed by atoms with van der Waals surface area (Å²) < 4.78 is 0.987. The predicted octanol–water partition coefficient (Wildman–Crippen LogP) is 5.34. The Morgan fingerprint density at radius 1 is 0.629 bits per heavy atom. The third kappa shape index (κ3) is 3.72. The molecule has 0 saturated heterocycles. The van der Waals surface area contributed by atoms with E-state index in [1.165, 1.54) is 16.7 Å². The lowest BCUT2D eigenvalue weighted by Crippen LogP contribution is -2.23. The molecule has 0 spiro atoms. The third-order valence-electron chi connectivity index (χ3n) is 6.68. The normalized spacial score (nSPS) is 14.5. The van der Waals surface area contributed by atoms with Gasteiger partial charge in [0.2, 0.25) is 0 Å². The molecule has 0 bridgehead atoms. The summed E-state index contributed by atoms with van der Waals surface area (Å²) in [5.41, 5.74) is 8.32. The average Bonchev–Trinajstić information content (AvgIpc) is 3.28. The average molecular weight is 527 g/mol. The summed E-state index contributed by atoms with van der Waals surface area (Å²) in [5, 5.41) is 7.98. The summed E-state index contributed by atoms with van der Waals surface area (Å²) >= 11 is 3.50. The first-order valence-corrected chi connectivity index (χ1v) is 12.5. The minimum Gasteiger partial charge on any atom is -0.354 e. The second-order valence-electron chi connectivity index (χ2n) is 8.73. The molecule has 35 heavy (non-hydrogen) atoms. The molecule has 2 aliphatic heterocycles. The Morgan fingerprint density at radius 3 is 1.86 bits per heavy atom. The Kier molecular flexibility index (Phi) is 5.41. The second kappa shape index (κ2) is 8.74. The molecule has 0 unspecified atom stereocenters. The molecule has 3 aromatic carbocycles. The summed E-state index contributed by atoms with van der Waals surface area (Å²) in [6.45, 7) is 1.37. The van der Waals surface area contributed by atoms with Crippen molar-refractivity contribution < 1.29 is 9.59 Å². The number of hydrogen-bond acceptors (Lipinski definition) is 2. The van der Waals surface area contributed by atoms with E-state index in [0.29, 0.717) is 13.1 Å². The van der Waals surface area contributed by atoms with E-state index in [1.54, 1.807) is 0 Å². The van der Waals surface area contributed by atoms with Crippen LogP contribution < -0.4 is 10.6 Å². The van der Waals surface area contributed by atoms with Crippen molar-refractivity contribution in [2.45, 2.75) is 12.8 Å². The fraction of sp³-hybridized carbons (Fsp3) is 0.143. The monoisotopic (exact) mass is 526 g/mol. The van der Waals surface area contributed by atoms with Gasteiger partial charge in [-0.15, -0.1) is 0 Å². The minimum absolute atomic E-state index is 0.0193. The van der Waals surface area contributed by atoms with Crippen LogP contribution in [0.15, 0.2) is 71.3 Å². The van der Waals surface area contributed by atoms with Crippen LogP contribution in [0.2, 0.25) is 0 Å². The van der Waals surface area contributed by atoms with Crippen LogP contribution in [0.4, 0.5) is 0 Å². The van der Waals surface area contributed by atoms with Gasteiger partial charge in [0.1, 0.15) is 0 Å². The highest BCUT2D eigenvalue weighted by molar-refractivity contribution is 9.10. The molecule has 4 N–H and O–H groups in total. The molecule has 6 nitrogen and oxygen atoms in total. The van der Waals surface area contributed by atoms with Crippen LogP contribution in [0.5, 0.6) is 0 Å². The fourth-order valence-corrected chi connectivity index (χ4v) is 5.72. The van der Waals surface area contributed by atoms with Gasteiger partial charge in [-0.25, -0.2) is 0 Å². The zero-order valence-corrected chi connectivity index (χ0v) is 20.5. The van der Waals surface area contributed by atoms with Crippen molar-refractivity contribution in [2.75, 3.05) is 13.1 Å². The molecule has 4 heterocycles. The van der Waals surface area contributed by atoms with Crippen molar-refractivity contribution in [1.82, 2.24) is 20.6 Å². The highest BCUT2D eigenvalue weighted by atomic mass is 79.9. The lowest BCUT2D eigenvalue weighted by atomic mass is 10.0. The Balaban J connectivity index is 0.000000136. The van der Waals surface area contributed by atoms with E-state index in [1.807, 2.05) is 54.6 Å². The van der Waals surface area contributed by atoms with E-state index < -0.39 is 0 Å². The maximum atomic E-state index is 12.1. The summed E-state index contributed by atoms with van der Waals surface area (Å²) in [6.07, 6.45) is 1.72. The number of benzene rings is 3. The molecule has 2 aliphatic rings. The van der Waals surface area contributed by atoms with E-state index in [4.69, 9.17) is 0 Å². The van der Waals surface area contributed by atoms with Gasteiger partial charge in [-0.2, -0.15) is 0 Å². The second-order valence-corrected chi connectivity index (χ2v) is 9.52. The van der Waals surface area contributed by atoms with Crippen LogP contribution in [0.25, 0.3) is 33.1 Å². The summed E-state index contributed by atoms with van der Waals surface area (Å²) in [4.78, 5) is 30.6. The molecule has 0 aliphatic carbocycles. The molecule has 174 valence electrons. The first-order chi connectivity index (χ1) is 17.1. The van der Waals surface area contributed by atoms with Crippen molar-refractivity contribution >= 4 is 49.6 Å². The lowest BCUT2D eigenvalue weighted by molar-refractivity contribution is 0.0949. The highest BCUT2D eigenvalue weighted by Crippen LogP contribution is 2.34. The van der Waals surface area contributed by atoms with Gasteiger partial charge in [0.25, 0.3) is 11.8 Å². The smallest absolute Gasteiger partial charge is 0.251 e. The standard InChI is InChI=1S/C17H14N2O.C11H9BrN2O/c20-17-13-7-4-8-14-15(13)12(9-10-18-17)16(19-14)11-5-2-1-3-6-11;12-10-6-4-5-13-11(15)7-2-1-3-8(14-10)9(6)7/h1-8,19H,9-10H2,(H,18,20);1-3,14H,4-5H2,(H,13,15). The van der Waals surface area contributed by atoms with Crippen LogP contribution in [0.1, 0.15) is 31.8 Å². The van der Waals surface area contributed by atoms with Crippen molar-refractivity contribution in [3.8, 4) is 11.3 Å². The van der Waals surface area contributed by atoms with Gasteiger partial charge >= 0.3 is 0 Å². The van der Waals surface area contributed by atoms with E-state index >= 15 is 0 Å². The number of carbonyl (C=O) groups excluding carboxylic acids is 2. The molecule has 0 saturated carbocycles. The molecule has 0 radical (unpaired) electrons. The van der Waals surface area contributed by atoms with Crippen molar-refractivity contribution in [3.63, 3.8) is 0 Å². The van der Waals surface area contributed by atoms with E-state index in [9.17, 15) is 9.59 Å². The topological polar surface area (TPSA) is 89.8 Å². The van der Waals surface area contributed by atoms with Crippen LogP contribution in [0, 0.1) is 0 Å². The maximum absolute atomic E-state index is 12.1. The number of halogens is 1. The summed E-state index contributed by atoms with van der Waals surface area (Å²) in [6, 6.07) is 21.9. The number of rotatable bonds is 1. The Bertz CT molecular complexity index is 1600. The number of amides is 2. The zero-order valence-electron chi connectivity index (χ0n) is 18.9. The Morgan fingerprint density at radius 2 is 1.20 bits per heavy atom. The largest absolute Gasteiger partial charge is 0.354 e. The predicted molar refractivity (Wildman–Crippen MR) is 142 cm³/mol. The van der Waals surface area contributed by atoms with Gasteiger partial charge in [0.15, 0.2) is 0 Å². The number of aromatic nitrogens is 2.